The number of carbonyl (C=O) groups is 2. The van der Waals surface area contributed by atoms with Gasteiger partial charge < -0.3 is 15.4 Å². The van der Waals surface area contributed by atoms with E-state index in [4.69, 9.17) is 5.26 Å². The first-order chi connectivity index (χ1) is 14.2. The van der Waals surface area contributed by atoms with E-state index < -0.39 is 18.7 Å². The fraction of sp³-hybridized carbons (Fsp3) is 0.250. The maximum absolute atomic E-state index is 12.2. The van der Waals surface area contributed by atoms with Gasteiger partial charge in [0.15, 0.2) is 6.61 Å². The first-order valence-electron chi connectivity index (χ1n) is 8.64. The zero-order chi connectivity index (χ0) is 22.1. The molecule has 2 amide bonds. The molecule has 0 aliphatic heterocycles. The number of nitriles is 1. The Morgan fingerprint density at radius 3 is 2.27 bits per heavy atom. The summed E-state index contributed by atoms with van der Waals surface area (Å²) in [5.41, 5.74) is 1.77. The molecular formula is C20H18F3N3O3S. The second-order valence-corrected chi connectivity index (χ2v) is 7.17. The Morgan fingerprint density at radius 1 is 1.07 bits per heavy atom. The molecule has 0 radical (unpaired) electrons. The molecule has 0 atom stereocenters. The van der Waals surface area contributed by atoms with Crippen LogP contribution in [0.2, 0.25) is 0 Å². The highest BCUT2D eigenvalue weighted by Crippen LogP contribution is 2.25. The van der Waals surface area contributed by atoms with Gasteiger partial charge >= 0.3 is 6.18 Å². The highest BCUT2D eigenvalue weighted by molar-refractivity contribution is 8.00. The molecule has 0 spiro atoms. The van der Waals surface area contributed by atoms with Crippen molar-refractivity contribution in [3.8, 4) is 11.8 Å². The van der Waals surface area contributed by atoms with Crippen LogP contribution in [0.5, 0.6) is 5.75 Å². The number of thioether (sulfide) groups is 1. The number of rotatable bonds is 8. The number of nitrogens with zero attached hydrogens (tertiary/aromatic N) is 1. The molecule has 6 nitrogen and oxygen atoms in total. The van der Waals surface area contributed by atoms with E-state index in [1.54, 1.807) is 12.1 Å². The van der Waals surface area contributed by atoms with E-state index in [1.807, 2.05) is 25.1 Å². The molecule has 30 heavy (non-hydrogen) atoms. The van der Waals surface area contributed by atoms with Gasteiger partial charge in [0.1, 0.15) is 11.8 Å². The first-order valence-corrected chi connectivity index (χ1v) is 9.79. The monoisotopic (exact) mass is 437 g/mol. The maximum Gasteiger partial charge on any atom is 0.422 e. The molecule has 0 saturated heterocycles. The van der Waals surface area contributed by atoms with E-state index in [1.165, 1.54) is 18.2 Å². The lowest BCUT2D eigenvalue weighted by Crippen LogP contribution is -2.20. The molecule has 0 aromatic heterocycles. The predicted molar refractivity (Wildman–Crippen MR) is 108 cm³/mol. The molecule has 0 fully saturated rings. The summed E-state index contributed by atoms with van der Waals surface area (Å²) < 4.78 is 41.3. The van der Waals surface area contributed by atoms with E-state index in [0.29, 0.717) is 5.69 Å². The van der Waals surface area contributed by atoms with Gasteiger partial charge in [-0.1, -0.05) is 12.1 Å². The number of ether oxygens (including phenoxy) is 1. The molecule has 2 rings (SSSR count). The Kier molecular flexibility index (Phi) is 8.12. The van der Waals surface area contributed by atoms with Crippen LogP contribution < -0.4 is 15.4 Å². The zero-order valence-electron chi connectivity index (χ0n) is 15.9. The molecule has 2 N–H and O–H groups in total. The van der Waals surface area contributed by atoms with Gasteiger partial charge in [-0.25, -0.2) is 0 Å². The van der Waals surface area contributed by atoms with Crippen LogP contribution in [0.25, 0.3) is 0 Å². The Bertz CT molecular complexity index is 958. The second-order valence-electron chi connectivity index (χ2n) is 6.19. The van der Waals surface area contributed by atoms with Crippen LogP contribution in [-0.4, -0.2) is 36.1 Å². The number of halogens is 3. The van der Waals surface area contributed by atoms with E-state index in [2.05, 4.69) is 15.4 Å². The van der Waals surface area contributed by atoms with Gasteiger partial charge in [-0.3, -0.25) is 9.59 Å². The minimum atomic E-state index is -4.53. The highest BCUT2D eigenvalue weighted by atomic mass is 32.2. The third kappa shape index (κ3) is 8.05. The van der Waals surface area contributed by atoms with Gasteiger partial charge in [0.05, 0.1) is 17.1 Å². The smallest absolute Gasteiger partial charge is 0.422 e. The number of aryl methyl sites for hydroxylation is 1. The van der Waals surface area contributed by atoms with Crippen LogP contribution in [0, 0.1) is 18.3 Å². The van der Waals surface area contributed by atoms with E-state index >= 15 is 0 Å². The van der Waals surface area contributed by atoms with E-state index in [-0.39, 0.29) is 34.4 Å². The number of anilines is 2. The van der Waals surface area contributed by atoms with Crippen LogP contribution in [-0.2, 0) is 9.59 Å². The third-order valence-corrected chi connectivity index (χ3v) is 4.48. The molecular weight excluding hydrogens is 419 g/mol. The molecule has 10 heteroatoms. The van der Waals surface area contributed by atoms with Crippen molar-refractivity contribution in [2.45, 2.75) is 13.1 Å². The van der Waals surface area contributed by atoms with Crippen molar-refractivity contribution < 1.29 is 27.5 Å². The lowest BCUT2D eigenvalue weighted by Gasteiger charge is -2.12. The molecule has 0 unspecified atom stereocenters. The number of carbonyl (C=O) groups excluding carboxylic acids is 2. The molecule has 2 aromatic carbocycles. The van der Waals surface area contributed by atoms with E-state index in [0.717, 1.165) is 17.3 Å². The second kappa shape index (κ2) is 10.5. The van der Waals surface area contributed by atoms with Crippen molar-refractivity contribution in [1.82, 2.24) is 0 Å². The van der Waals surface area contributed by atoms with Crippen LogP contribution >= 0.6 is 11.8 Å². The van der Waals surface area contributed by atoms with Crippen molar-refractivity contribution in [2.75, 3.05) is 28.7 Å². The number of amides is 2. The van der Waals surface area contributed by atoms with Gasteiger partial charge in [-0.2, -0.15) is 18.4 Å². The summed E-state index contributed by atoms with van der Waals surface area (Å²) in [5, 5.41) is 14.3. The van der Waals surface area contributed by atoms with Crippen molar-refractivity contribution in [3.63, 3.8) is 0 Å². The number of alkyl halides is 3. The van der Waals surface area contributed by atoms with Gasteiger partial charge in [0.25, 0.3) is 0 Å². The Balaban J connectivity index is 1.81. The van der Waals surface area contributed by atoms with Crippen molar-refractivity contribution in [2.24, 2.45) is 0 Å². The molecule has 0 aliphatic rings. The van der Waals surface area contributed by atoms with Crippen LogP contribution in [0.3, 0.4) is 0 Å². The predicted octanol–water partition coefficient (Wildman–Crippen LogP) is 4.12. The summed E-state index contributed by atoms with van der Waals surface area (Å²) in [6.45, 7) is 0.385. The van der Waals surface area contributed by atoms with Crippen molar-refractivity contribution >= 4 is 35.0 Å². The molecule has 158 valence electrons. The van der Waals surface area contributed by atoms with Crippen LogP contribution in [0.15, 0.2) is 42.5 Å². The molecule has 0 saturated carbocycles. The van der Waals surface area contributed by atoms with E-state index in [9.17, 15) is 22.8 Å². The first kappa shape index (κ1) is 23.1. The van der Waals surface area contributed by atoms with Crippen molar-refractivity contribution in [3.05, 3.63) is 53.6 Å². The average Bonchev–Trinajstić information content (AvgIpc) is 2.66. The molecule has 0 aliphatic carbocycles. The van der Waals surface area contributed by atoms with Gasteiger partial charge in [0, 0.05) is 11.4 Å². The standard InChI is InChI=1S/C20H18F3N3O3S/c1-13-3-2-4-15(7-13)25-18(27)10-30-11-19(28)26-16-5-6-17(14(8-16)9-24)29-12-20(21,22)23/h2-8H,10-12H2,1H3,(H,25,27)(H,26,28). The molecule has 0 bridgehead atoms. The minimum Gasteiger partial charge on any atom is -0.483 e. The summed E-state index contributed by atoms with van der Waals surface area (Å²) in [6, 6.07) is 12.8. The number of nitrogens with one attached hydrogen (secondary N) is 2. The summed E-state index contributed by atoms with van der Waals surface area (Å²) in [4.78, 5) is 23.9. The average molecular weight is 437 g/mol. The summed E-state index contributed by atoms with van der Waals surface area (Å²) in [6.07, 6.45) is -4.53. The quantitative estimate of drug-likeness (QED) is 0.648. The van der Waals surface area contributed by atoms with Crippen LogP contribution in [0.1, 0.15) is 11.1 Å². The van der Waals surface area contributed by atoms with Gasteiger partial charge in [-0.05, 0) is 42.8 Å². The SMILES string of the molecule is Cc1cccc(NC(=O)CSCC(=O)Nc2ccc(OCC(F)(F)F)c(C#N)c2)c1. The third-order valence-electron chi connectivity index (χ3n) is 3.54. The lowest BCUT2D eigenvalue weighted by molar-refractivity contribution is -0.153. The fourth-order valence-corrected chi connectivity index (χ4v) is 2.95. The Labute approximate surface area is 175 Å². The molecule has 2 aromatic rings. The van der Waals surface area contributed by atoms with Crippen molar-refractivity contribution in [1.29, 1.82) is 5.26 Å². The highest BCUT2D eigenvalue weighted by Gasteiger charge is 2.28. The number of benzene rings is 2. The summed E-state index contributed by atoms with van der Waals surface area (Å²) >= 11 is 1.10. The topological polar surface area (TPSA) is 91.2 Å². The lowest BCUT2D eigenvalue weighted by atomic mass is 10.2. The largest absolute Gasteiger partial charge is 0.483 e. The van der Waals surface area contributed by atoms with Crippen LogP contribution in [0.4, 0.5) is 24.5 Å². The number of hydrogen-bond acceptors (Lipinski definition) is 5. The maximum atomic E-state index is 12.2. The fourth-order valence-electron chi connectivity index (χ4n) is 2.33. The number of hydrogen-bond donors (Lipinski definition) is 2. The normalized spacial score (nSPS) is 10.8. The Morgan fingerprint density at radius 2 is 1.70 bits per heavy atom. The van der Waals surface area contributed by atoms with Gasteiger partial charge in [-0.15, -0.1) is 11.8 Å². The molecule has 0 heterocycles. The summed E-state index contributed by atoms with van der Waals surface area (Å²) in [7, 11) is 0. The zero-order valence-corrected chi connectivity index (χ0v) is 16.7. The Hall–Kier alpha value is -3.19. The summed E-state index contributed by atoms with van der Waals surface area (Å²) in [5.74, 6) is -0.854. The minimum absolute atomic E-state index is 0.0184. The van der Waals surface area contributed by atoms with Gasteiger partial charge in [0.2, 0.25) is 11.8 Å².